The van der Waals surface area contributed by atoms with Gasteiger partial charge in [-0.2, -0.15) is 0 Å². The smallest absolute Gasteiger partial charge is 0.408 e. The molecule has 2 atom stereocenters. The van der Waals surface area contributed by atoms with E-state index in [1.165, 1.54) is 0 Å². The molecule has 35 heavy (non-hydrogen) atoms. The van der Waals surface area contributed by atoms with Gasteiger partial charge in [0.2, 0.25) is 11.8 Å². The number of nitrogens with one attached hydrogen (secondary N) is 2. The maximum atomic E-state index is 14.2. The molecular formula is C28H47N3O4. The fourth-order valence-electron chi connectivity index (χ4n) is 3.76. The fourth-order valence-corrected chi connectivity index (χ4v) is 3.76. The highest BCUT2D eigenvalue weighted by Gasteiger charge is 2.42. The molecule has 2 unspecified atom stereocenters. The van der Waals surface area contributed by atoms with Crippen molar-refractivity contribution < 1.29 is 19.1 Å². The van der Waals surface area contributed by atoms with Crippen LogP contribution in [-0.2, 0) is 14.3 Å². The summed E-state index contributed by atoms with van der Waals surface area (Å²) in [5.41, 5.74) is -0.135. The number of carbonyl (C=O) groups is 3. The Hall–Kier alpha value is -2.57. The minimum absolute atomic E-state index is 0.127. The van der Waals surface area contributed by atoms with E-state index in [0.717, 1.165) is 5.56 Å². The zero-order valence-electron chi connectivity index (χ0n) is 23.8. The molecule has 198 valence electrons. The van der Waals surface area contributed by atoms with E-state index < -0.39 is 34.9 Å². The average Bonchev–Trinajstić information content (AvgIpc) is 2.61. The number of hydrogen-bond acceptors (Lipinski definition) is 4. The summed E-state index contributed by atoms with van der Waals surface area (Å²) in [5, 5.41) is 5.82. The number of nitrogens with zero attached hydrogens (tertiary/aromatic N) is 1. The van der Waals surface area contributed by atoms with E-state index in [1.54, 1.807) is 25.7 Å². The lowest BCUT2D eigenvalue weighted by Gasteiger charge is -2.44. The predicted molar refractivity (Wildman–Crippen MR) is 141 cm³/mol. The first-order chi connectivity index (χ1) is 15.7. The molecule has 1 aromatic carbocycles. The second-order valence-corrected chi connectivity index (χ2v) is 12.8. The first-order valence-electron chi connectivity index (χ1n) is 12.4. The standard InChI is InChI=1S/C28H47N3O4/c1-18(2)17-21(29-25(34)35-28(10,11)12)24(33)31(27(7,8)9)22(23(32)30-26(4,5)6)20-15-13-19(3)14-16-20/h13-16,18,21-22H,17H2,1-12H3,(H,29,34)(H,30,32). The summed E-state index contributed by atoms with van der Waals surface area (Å²) in [5.74, 6) is -0.473. The summed E-state index contributed by atoms with van der Waals surface area (Å²) in [7, 11) is 0. The van der Waals surface area contributed by atoms with Crippen molar-refractivity contribution >= 4 is 17.9 Å². The number of alkyl carbamates (subject to hydrolysis) is 1. The summed E-state index contributed by atoms with van der Waals surface area (Å²) in [6.07, 6.45) is -0.247. The first-order valence-corrected chi connectivity index (χ1v) is 12.4. The van der Waals surface area contributed by atoms with E-state index in [2.05, 4.69) is 10.6 Å². The van der Waals surface area contributed by atoms with Gasteiger partial charge in [0.25, 0.3) is 0 Å². The van der Waals surface area contributed by atoms with Crippen LogP contribution in [-0.4, -0.2) is 45.5 Å². The van der Waals surface area contributed by atoms with Crippen molar-refractivity contribution in [2.45, 2.75) is 118 Å². The highest BCUT2D eigenvalue weighted by molar-refractivity contribution is 5.92. The minimum Gasteiger partial charge on any atom is -0.444 e. The van der Waals surface area contributed by atoms with Crippen LogP contribution in [0.2, 0.25) is 0 Å². The van der Waals surface area contributed by atoms with Crippen LogP contribution in [0.1, 0.15) is 99.8 Å². The lowest BCUT2D eigenvalue weighted by atomic mass is 9.92. The van der Waals surface area contributed by atoms with Crippen molar-refractivity contribution in [1.82, 2.24) is 15.5 Å². The van der Waals surface area contributed by atoms with Crippen molar-refractivity contribution in [3.8, 4) is 0 Å². The molecule has 3 amide bonds. The number of carbonyl (C=O) groups excluding carboxylic acids is 3. The van der Waals surface area contributed by atoms with Crippen LogP contribution in [0.3, 0.4) is 0 Å². The maximum absolute atomic E-state index is 14.2. The van der Waals surface area contributed by atoms with Crippen molar-refractivity contribution in [2.75, 3.05) is 0 Å². The molecule has 0 aliphatic carbocycles. The SMILES string of the molecule is Cc1ccc(C(C(=O)NC(C)(C)C)N(C(=O)C(CC(C)C)NC(=O)OC(C)(C)C)C(C)(C)C)cc1. The molecule has 0 fully saturated rings. The van der Waals surface area contributed by atoms with Crippen molar-refractivity contribution in [3.63, 3.8) is 0 Å². The van der Waals surface area contributed by atoms with Crippen LogP contribution in [0.4, 0.5) is 4.79 Å². The Labute approximate surface area is 212 Å². The van der Waals surface area contributed by atoms with Gasteiger partial charge >= 0.3 is 6.09 Å². The zero-order chi connectivity index (χ0) is 27.4. The first kappa shape index (κ1) is 30.5. The van der Waals surface area contributed by atoms with E-state index in [4.69, 9.17) is 4.74 Å². The Kier molecular flexibility index (Phi) is 9.96. The Bertz CT molecular complexity index is 871. The van der Waals surface area contributed by atoms with Gasteiger partial charge in [-0.25, -0.2) is 4.79 Å². The van der Waals surface area contributed by atoms with Crippen molar-refractivity contribution in [3.05, 3.63) is 35.4 Å². The maximum Gasteiger partial charge on any atom is 0.408 e. The van der Waals surface area contributed by atoms with E-state index in [9.17, 15) is 14.4 Å². The fraction of sp³-hybridized carbons (Fsp3) is 0.679. The van der Waals surface area contributed by atoms with E-state index in [1.807, 2.05) is 86.6 Å². The Morgan fingerprint density at radius 2 is 1.43 bits per heavy atom. The number of benzene rings is 1. The number of rotatable bonds is 7. The Balaban J connectivity index is 3.58. The molecule has 1 rings (SSSR count). The molecule has 0 aliphatic rings. The molecule has 0 heterocycles. The molecule has 0 radical (unpaired) electrons. The van der Waals surface area contributed by atoms with Crippen LogP contribution in [0, 0.1) is 12.8 Å². The summed E-state index contributed by atoms with van der Waals surface area (Å²) >= 11 is 0. The number of aryl methyl sites for hydroxylation is 1. The largest absolute Gasteiger partial charge is 0.444 e. The molecule has 0 aromatic heterocycles. The summed E-state index contributed by atoms with van der Waals surface area (Å²) in [6, 6.07) is 5.90. The lowest BCUT2D eigenvalue weighted by molar-refractivity contribution is -0.149. The third kappa shape index (κ3) is 10.3. The van der Waals surface area contributed by atoms with E-state index in [-0.39, 0.29) is 17.7 Å². The van der Waals surface area contributed by atoms with Gasteiger partial charge in [0.15, 0.2) is 0 Å². The monoisotopic (exact) mass is 489 g/mol. The third-order valence-electron chi connectivity index (χ3n) is 5.05. The van der Waals surface area contributed by atoms with E-state index >= 15 is 0 Å². The molecule has 0 aliphatic heterocycles. The molecular weight excluding hydrogens is 442 g/mol. The highest BCUT2D eigenvalue weighted by atomic mass is 16.6. The van der Waals surface area contributed by atoms with Gasteiger partial charge in [-0.1, -0.05) is 43.7 Å². The van der Waals surface area contributed by atoms with Gasteiger partial charge in [0.1, 0.15) is 17.7 Å². The van der Waals surface area contributed by atoms with Crippen molar-refractivity contribution in [2.24, 2.45) is 5.92 Å². The number of amides is 3. The van der Waals surface area contributed by atoms with Crippen molar-refractivity contribution in [1.29, 1.82) is 0 Å². The summed E-state index contributed by atoms with van der Waals surface area (Å²) in [6.45, 7) is 22.7. The van der Waals surface area contributed by atoms with Crippen LogP contribution in [0.15, 0.2) is 24.3 Å². The van der Waals surface area contributed by atoms with E-state index in [0.29, 0.717) is 12.0 Å². The molecule has 7 nitrogen and oxygen atoms in total. The molecule has 1 aromatic rings. The number of ether oxygens (including phenoxy) is 1. The zero-order valence-corrected chi connectivity index (χ0v) is 23.8. The highest BCUT2D eigenvalue weighted by Crippen LogP contribution is 2.31. The second kappa shape index (κ2) is 11.4. The number of hydrogen-bond donors (Lipinski definition) is 2. The summed E-state index contributed by atoms with van der Waals surface area (Å²) in [4.78, 5) is 42.1. The van der Waals surface area contributed by atoms with Gasteiger partial charge in [0, 0.05) is 11.1 Å². The minimum atomic E-state index is -0.877. The van der Waals surface area contributed by atoms with Crippen LogP contribution in [0.5, 0.6) is 0 Å². The second-order valence-electron chi connectivity index (χ2n) is 12.8. The quantitative estimate of drug-likeness (QED) is 0.528. The van der Waals surface area contributed by atoms with Crippen LogP contribution < -0.4 is 10.6 Å². The predicted octanol–water partition coefficient (Wildman–Crippen LogP) is 5.52. The van der Waals surface area contributed by atoms with Crippen LogP contribution in [0.25, 0.3) is 0 Å². The van der Waals surface area contributed by atoms with Crippen LogP contribution >= 0.6 is 0 Å². The van der Waals surface area contributed by atoms with Gasteiger partial charge in [-0.05, 0) is 87.1 Å². The average molecular weight is 490 g/mol. The molecule has 7 heteroatoms. The molecule has 0 saturated heterocycles. The summed E-state index contributed by atoms with van der Waals surface area (Å²) < 4.78 is 5.44. The molecule has 0 bridgehead atoms. The van der Waals surface area contributed by atoms with Gasteiger partial charge in [-0.15, -0.1) is 0 Å². The molecule has 0 spiro atoms. The van der Waals surface area contributed by atoms with Gasteiger partial charge in [-0.3, -0.25) is 9.59 Å². The van der Waals surface area contributed by atoms with Gasteiger partial charge in [0.05, 0.1) is 0 Å². The lowest BCUT2D eigenvalue weighted by Crippen LogP contribution is -2.59. The molecule has 2 N–H and O–H groups in total. The third-order valence-corrected chi connectivity index (χ3v) is 5.05. The topological polar surface area (TPSA) is 87.7 Å². The van der Waals surface area contributed by atoms with Gasteiger partial charge < -0.3 is 20.3 Å². The Morgan fingerprint density at radius 1 is 0.914 bits per heavy atom. The Morgan fingerprint density at radius 3 is 1.83 bits per heavy atom. The normalized spacial score (nSPS) is 14.2. The molecule has 0 saturated carbocycles.